The summed E-state index contributed by atoms with van der Waals surface area (Å²) in [7, 11) is 1.26. The van der Waals surface area contributed by atoms with Gasteiger partial charge < -0.3 is 10.1 Å². The molecule has 0 radical (unpaired) electrons. The Balaban J connectivity index is 2.63. The lowest BCUT2D eigenvalue weighted by molar-refractivity contribution is -0.135. The molecule has 0 fully saturated rings. The third-order valence-corrected chi connectivity index (χ3v) is 2.30. The molecule has 0 aliphatic carbocycles. The lowest BCUT2D eigenvalue weighted by Crippen LogP contribution is -2.18. The summed E-state index contributed by atoms with van der Waals surface area (Å²) in [6.07, 6.45) is 1.25. The summed E-state index contributed by atoms with van der Waals surface area (Å²) in [6.45, 7) is 0. The zero-order valence-corrected chi connectivity index (χ0v) is 10.2. The Morgan fingerprint density at radius 3 is 2.50 bits per heavy atom. The normalized spacial score (nSPS) is 10.8. The van der Waals surface area contributed by atoms with Gasteiger partial charge in [-0.15, -0.1) is 0 Å². The van der Waals surface area contributed by atoms with Crippen molar-refractivity contribution in [1.82, 2.24) is 5.32 Å². The maximum Gasteiger partial charge on any atom is 0.346 e. The predicted molar refractivity (Wildman–Crippen MR) is 62.9 cm³/mol. The number of esters is 1. The molecular weight excluding hydrogens is 274 g/mol. The molecule has 1 aromatic carbocycles. The van der Waals surface area contributed by atoms with Crippen molar-refractivity contribution < 1.29 is 14.3 Å². The number of carbonyl (C=O) groups excluding carboxylic acids is 2. The molecule has 0 heterocycles. The van der Waals surface area contributed by atoms with Crippen molar-refractivity contribution >= 4 is 27.8 Å². The highest BCUT2D eigenvalue weighted by atomic mass is 79.9. The molecule has 0 saturated carbocycles. The van der Waals surface area contributed by atoms with E-state index in [1.165, 1.54) is 13.3 Å². The first-order chi connectivity index (χ1) is 7.65. The van der Waals surface area contributed by atoms with E-state index in [2.05, 4.69) is 26.0 Å². The van der Waals surface area contributed by atoms with Crippen LogP contribution in [0.1, 0.15) is 10.4 Å². The smallest absolute Gasteiger partial charge is 0.346 e. The standard InChI is InChI=1S/C11H10BrNO3/c1-16-11(15)9(12)7-13-10(14)8-5-3-2-4-6-8/h2-7H,1H3,(H,13,14)/b9-7-. The second-order valence-electron chi connectivity index (χ2n) is 2.82. The van der Waals surface area contributed by atoms with Crippen molar-refractivity contribution in [2.45, 2.75) is 0 Å². The average Bonchev–Trinajstić information content (AvgIpc) is 2.35. The minimum absolute atomic E-state index is 0.152. The topological polar surface area (TPSA) is 55.4 Å². The number of hydrogen-bond donors (Lipinski definition) is 1. The SMILES string of the molecule is COC(=O)/C(Br)=C/NC(=O)c1ccccc1. The Bertz CT molecular complexity index is 414. The molecular formula is C11H10BrNO3. The highest BCUT2D eigenvalue weighted by Gasteiger charge is 2.06. The monoisotopic (exact) mass is 283 g/mol. The van der Waals surface area contributed by atoms with E-state index in [1.807, 2.05) is 6.07 Å². The van der Waals surface area contributed by atoms with E-state index in [1.54, 1.807) is 24.3 Å². The van der Waals surface area contributed by atoms with Crippen LogP contribution >= 0.6 is 15.9 Å². The van der Waals surface area contributed by atoms with Gasteiger partial charge in [-0.2, -0.15) is 0 Å². The molecule has 1 amide bonds. The van der Waals surface area contributed by atoms with Gasteiger partial charge >= 0.3 is 5.97 Å². The fourth-order valence-electron chi connectivity index (χ4n) is 0.958. The zero-order chi connectivity index (χ0) is 12.0. The molecule has 0 aromatic heterocycles. The molecule has 1 N–H and O–H groups in total. The van der Waals surface area contributed by atoms with Gasteiger partial charge in [0, 0.05) is 11.8 Å². The van der Waals surface area contributed by atoms with Crippen molar-refractivity contribution in [1.29, 1.82) is 0 Å². The number of ether oxygens (including phenoxy) is 1. The molecule has 0 bridgehead atoms. The summed E-state index contributed by atoms with van der Waals surface area (Å²) in [5.41, 5.74) is 0.518. The Morgan fingerprint density at radius 1 is 1.31 bits per heavy atom. The Kier molecular flexibility index (Phi) is 4.72. The molecule has 16 heavy (non-hydrogen) atoms. The zero-order valence-electron chi connectivity index (χ0n) is 8.57. The van der Waals surface area contributed by atoms with Crippen LogP contribution in [0.15, 0.2) is 41.0 Å². The van der Waals surface area contributed by atoms with Crippen LogP contribution < -0.4 is 5.32 Å². The number of benzene rings is 1. The van der Waals surface area contributed by atoms with Gasteiger partial charge in [0.15, 0.2) is 0 Å². The summed E-state index contributed by atoms with van der Waals surface area (Å²) in [5.74, 6) is -0.838. The molecule has 0 saturated heterocycles. The second kappa shape index (κ2) is 6.07. The van der Waals surface area contributed by atoms with Crippen LogP contribution in [-0.4, -0.2) is 19.0 Å². The quantitative estimate of drug-likeness (QED) is 0.680. The van der Waals surface area contributed by atoms with Crippen molar-refractivity contribution in [2.24, 2.45) is 0 Å². The molecule has 0 atom stereocenters. The Labute approximate surface area is 101 Å². The second-order valence-corrected chi connectivity index (χ2v) is 3.68. The number of amides is 1. The van der Waals surface area contributed by atoms with E-state index in [4.69, 9.17) is 0 Å². The Hall–Kier alpha value is -1.62. The van der Waals surface area contributed by atoms with Gasteiger partial charge in [-0.05, 0) is 28.1 Å². The third-order valence-electron chi connectivity index (χ3n) is 1.75. The predicted octanol–water partition coefficient (Wildman–Crippen LogP) is 1.83. The van der Waals surface area contributed by atoms with Gasteiger partial charge in [0.1, 0.15) is 4.48 Å². The van der Waals surface area contributed by atoms with Crippen LogP contribution in [0.2, 0.25) is 0 Å². The lowest BCUT2D eigenvalue weighted by atomic mass is 10.2. The highest BCUT2D eigenvalue weighted by Crippen LogP contribution is 2.05. The van der Waals surface area contributed by atoms with E-state index >= 15 is 0 Å². The van der Waals surface area contributed by atoms with Gasteiger partial charge in [0.05, 0.1) is 7.11 Å². The van der Waals surface area contributed by atoms with Crippen molar-refractivity contribution in [3.05, 3.63) is 46.6 Å². The van der Waals surface area contributed by atoms with Crippen LogP contribution in [0.5, 0.6) is 0 Å². The molecule has 0 spiro atoms. The molecule has 0 aliphatic heterocycles. The first-order valence-corrected chi connectivity index (χ1v) is 5.24. The number of nitrogens with one attached hydrogen (secondary N) is 1. The first-order valence-electron chi connectivity index (χ1n) is 4.45. The number of rotatable bonds is 3. The van der Waals surface area contributed by atoms with Crippen LogP contribution in [0.25, 0.3) is 0 Å². The summed E-state index contributed by atoms with van der Waals surface area (Å²) in [4.78, 5) is 22.5. The number of hydrogen-bond acceptors (Lipinski definition) is 3. The molecule has 0 unspecified atom stereocenters. The van der Waals surface area contributed by atoms with Gasteiger partial charge in [0.25, 0.3) is 5.91 Å². The van der Waals surface area contributed by atoms with Gasteiger partial charge in [0.2, 0.25) is 0 Å². The highest BCUT2D eigenvalue weighted by molar-refractivity contribution is 9.12. The Morgan fingerprint density at radius 2 is 1.94 bits per heavy atom. The van der Waals surface area contributed by atoms with Gasteiger partial charge in [-0.1, -0.05) is 18.2 Å². The fraction of sp³-hybridized carbons (Fsp3) is 0.0909. The maximum absolute atomic E-state index is 11.5. The number of methoxy groups -OCH3 is 1. The largest absolute Gasteiger partial charge is 0.465 e. The number of carbonyl (C=O) groups is 2. The van der Waals surface area contributed by atoms with E-state index in [0.717, 1.165) is 0 Å². The van der Waals surface area contributed by atoms with E-state index in [9.17, 15) is 9.59 Å². The summed E-state index contributed by atoms with van der Waals surface area (Å²) in [5, 5.41) is 2.47. The van der Waals surface area contributed by atoms with Crippen LogP contribution in [0, 0.1) is 0 Å². The maximum atomic E-state index is 11.5. The summed E-state index contributed by atoms with van der Waals surface area (Å²) in [6, 6.07) is 8.68. The van der Waals surface area contributed by atoms with Gasteiger partial charge in [-0.25, -0.2) is 4.79 Å². The third kappa shape index (κ3) is 3.51. The molecule has 1 rings (SSSR count). The molecule has 4 nitrogen and oxygen atoms in total. The van der Waals surface area contributed by atoms with Crippen molar-refractivity contribution in [3.8, 4) is 0 Å². The molecule has 1 aromatic rings. The van der Waals surface area contributed by atoms with E-state index in [-0.39, 0.29) is 10.4 Å². The van der Waals surface area contributed by atoms with Crippen LogP contribution in [-0.2, 0) is 9.53 Å². The molecule has 0 aliphatic rings. The summed E-state index contributed by atoms with van der Waals surface area (Å²) < 4.78 is 4.60. The van der Waals surface area contributed by atoms with Gasteiger partial charge in [-0.3, -0.25) is 4.79 Å². The lowest BCUT2D eigenvalue weighted by Gasteiger charge is -2.00. The molecule has 5 heteroatoms. The minimum atomic E-state index is -0.548. The van der Waals surface area contributed by atoms with E-state index in [0.29, 0.717) is 5.56 Å². The van der Waals surface area contributed by atoms with Crippen LogP contribution in [0.3, 0.4) is 0 Å². The number of halogens is 1. The summed E-state index contributed by atoms with van der Waals surface area (Å²) >= 11 is 2.98. The minimum Gasteiger partial charge on any atom is -0.465 e. The molecule has 84 valence electrons. The fourth-order valence-corrected chi connectivity index (χ4v) is 1.23. The van der Waals surface area contributed by atoms with E-state index < -0.39 is 5.97 Å². The average molecular weight is 284 g/mol. The first kappa shape index (κ1) is 12.4. The van der Waals surface area contributed by atoms with Crippen LogP contribution in [0.4, 0.5) is 0 Å². The van der Waals surface area contributed by atoms with Crippen molar-refractivity contribution in [3.63, 3.8) is 0 Å². The van der Waals surface area contributed by atoms with Crippen molar-refractivity contribution in [2.75, 3.05) is 7.11 Å².